The highest BCUT2D eigenvalue weighted by molar-refractivity contribution is 7.95. The molecular weight excluding hydrogens is 585 g/mol. The summed E-state index contributed by atoms with van der Waals surface area (Å²) in [6, 6.07) is 32.2. The molecule has 0 unspecified atom stereocenters. The fourth-order valence-corrected chi connectivity index (χ4v) is 8.49. The zero-order valence-corrected chi connectivity index (χ0v) is 24.3. The number of anilines is 4. The third-order valence-corrected chi connectivity index (χ3v) is 11.6. The molecular formula is C28H26N4O4S4. The van der Waals surface area contributed by atoms with Crippen LogP contribution in [0.3, 0.4) is 0 Å². The van der Waals surface area contributed by atoms with Gasteiger partial charge in [-0.2, -0.15) is 0 Å². The third kappa shape index (κ3) is 7.02. The van der Waals surface area contributed by atoms with Crippen LogP contribution in [-0.4, -0.2) is 16.8 Å². The van der Waals surface area contributed by atoms with Crippen LogP contribution in [0.25, 0.3) is 0 Å². The molecule has 4 N–H and O–H groups in total. The van der Waals surface area contributed by atoms with Gasteiger partial charge >= 0.3 is 0 Å². The van der Waals surface area contributed by atoms with Gasteiger partial charge in [-0.1, -0.05) is 48.5 Å². The molecule has 0 saturated carbocycles. The van der Waals surface area contributed by atoms with E-state index in [1.54, 1.807) is 36.4 Å². The molecule has 0 aliphatic heterocycles. The summed E-state index contributed by atoms with van der Waals surface area (Å²) in [5.41, 5.74) is 2.13. The van der Waals surface area contributed by atoms with Crippen molar-refractivity contribution in [2.75, 3.05) is 20.1 Å². The Bertz CT molecular complexity index is 1650. The van der Waals surface area contributed by atoms with E-state index < -0.39 is 20.0 Å². The average Bonchev–Trinajstić information content (AvgIpc) is 3.64. The Morgan fingerprint density at radius 2 is 0.850 bits per heavy atom. The van der Waals surface area contributed by atoms with Gasteiger partial charge in [0.25, 0.3) is 20.0 Å². The fraction of sp³-hybridized carbons (Fsp3) is 0.0714. The minimum absolute atomic E-state index is 0.129. The molecule has 206 valence electrons. The molecule has 5 rings (SSSR count). The van der Waals surface area contributed by atoms with Crippen molar-refractivity contribution in [1.29, 1.82) is 0 Å². The molecule has 0 aliphatic carbocycles. The topological polar surface area (TPSA) is 116 Å². The molecule has 0 atom stereocenters. The molecule has 8 nitrogen and oxygen atoms in total. The fourth-order valence-electron chi connectivity index (χ4n) is 3.74. The molecule has 40 heavy (non-hydrogen) atoms. The van der Waals surface area contributed by atoms with Crippen LogP contribution in [0.2, 0.25) is 0 Å². The van der Waals surface area contributed by atoms with E-state index in [0.29, 0.717) is 13.1 Å². The molecule has 3 aromatic carbocycles. The largest absolute Gasteiger partial charge is 0.380 e. The van der Waals surface area contributed by atoms with Crippen molar-refractivity contribution in [3.8, 4) is 0 Å². The molecule has 2 aromatic heterocycles. The first-order valence-electron chi connectivity index (χ1n) is 12.2. The quantitative estimate of drug-likeness (QED) is 0.126. The second-order valence-electron chi connectivity index (χ2n) is 8.64. The number of sulfonamides is 2. The maximum absolute atomic E-state index is 13.2. The van der Waals surface area contributed by atoms with Crippen LogP contribution in [0.15, 0.2) is 118 Å². The number of nitrogens with one attached hydrogen (secondary N) is 4. The van der Waals surface area contributed by atoms with Gasteiger partial charge < -0.3 is 10.6 Å². The number of para-hydroxylation sites is 4. The van der Waals surface area contributed by atoms with Crippen LogP contribution >= 0.6 is 22.7 Å². The predicted octanol–water partition coefficient (Wildman–Crippen LogP) is 6.64. The van der Waals surface area contributed by atoms with Gasteiger partial charge in [0.1, 0.15) is 8.42 Å². The SMILES string of the molecule is O=S(=O)(Nc1ccccc1NS(=O)(=O)c1ccc(CNc2ccccc2)s1)c1ccc(CNc2ccccc2)s1. The summed E-state index contributed by atoms with van der Waals surface area (Å²) in [6.45, 7) is 0.953. The number of hydrogen-bond acceptors (Lipinski definition) is 8. The van der Waals surface area contributed by atoms with E-state index in [1.807, 2.05) is 60.7 Å². The van der Waals surface area contributed by atoms with E-state index >= 15 is 0 Å². The standard InChI is InChI=1S/C28H26N4O4S4/c33-39(34,27-17-15-23(37-27)19-29-21-9-3-1-4-10-21)31-25-13-7-8-14-26(25)32-40(35,36)28-18-16-24(38-28)20-30-22-11-5-2-6-12-22/h1-18,29-32H,19-20H2. The summed E-state index contributed by atoms with van der Waals surface area (Å²) in [4.78, 5) is 1.68. The van der Waals surface area contributed by atoms with Crippen LogP contribution < -0.4 is 20.1 Å². The molecule has 2 heterocycles. The van der Waals surface area contributed by atoms with Crippen LogP contribution in [0.1, 0.15) is 9.75 Å². The Morgan fingerprint density at radius 1 is 0.475 bits per heavy atom. The van der Waals surface area contributed by atoms with Gasteiger partial charge in [-0.25, -0.2) is 16.8 Å². The normalized spacial score (nSPS) is 11.6. The summed E-state index contributed by atoms with van der Waals surface area (Å²) in [6.07, 6.45) is 0. The number of rotatable bonds is 12. The van der Waals surface area contributed by atoms with Gasteiger partial charge in [-0.05, 0) is 60.7 Å². The van der Waals surface area contributed by atoms with Gasteiger partial charge in [0.05, 0.1) is 11.4 Å². The highest BCUT2D eigenvalue weighted by Crippen LogP contribution is 2.31. The Morgan fingerprint density at radius 3 is 1.25 bits per heavy atom. The zero-order valence-electron chi connectivity index (χ0n) is 21.1. The molecule has 0 radical (unpaired) electrons. The maximum atomic E-state index is 13.2. The average molecular weight is 611 g/mol. The van der Waals surface area contributed by atoms with Crippen molar-refractivity contribution in [2.45, 2.75) is 21.5 Å². The number of hydrogen-bond donors (Lipinski definition) is 4. The van der Waals surface area contributed by atoms with Crippen LogP contribution in [0, 0.1) is 0 Å². The highest BCUT2D eigenvalue weighted by atomic mass is 32.3. The summed E-state index contributed by atoms with van der Waals surface area (Å²) in [5.74, 6) is 0. The molecule has 0 spiro atoms. The first-order chi connectivity index (χ1) is 19.3. The summed E-state index contributed by atoms with van der Waals surface area (Å²) in [5, 5.41) is 6.52. The third-order valence-electron chi connectivity index (χ3n) is 5.70. The second-order valence-corrected chi connectivity index (χ2v) is 14.8. The van der Waals surface area contributed by atoms with Crippen molar-refractivity contribution in [3.63, 3.8) is 0 Å². The predicted molar refractivity (Wildman–Crippen MR) is 164 cm³/mol. The van der Waals surface area contributed by atoms with Crippen LogP contribution in [-0.2, 0) is 33.1 Å². The summed E-state index contributed by atoms with van der Waals surface area (Å²) in [7, 11) is -7.90. The second kappa shape index (κ2) is 12.1. The Hall–Kier alpha value is -3.84. The van der Waals surface area contributed by atoms with E-state index in [-0.39, 0.29) is 19.8 Å². The van der Waals surface area contributed by atoms with Crippen LogP contribution in [0.4, 0.5) is 22.7 Å². The molecule has 0 amide bonds. The van der Waals surface area contributed by atoms with Crippen molar-refractivity contribution >= 4 is 65.5 Å². The summed E-state index contributed by atoms with van der Waals surface area (Å²) >= 11 is 2.29. The van der Waals surface area contributed by atoms with Gasteiger partial charge in [0, 0.05) is 34.2 Å². The van der Waals surface area contributed by atoms with Crippen molar-refractivity contribution in [1.82, 2.24) is 0 Å². The monoisotopic (exact) mass is 610 g/mol. The van der Waals surface area contributed by atoms with E-state index in [4.69, 9.17) is 0 Å². The van der Waals surface area contributed by atoms with E-state index in [0.717, 1.165) is 43.8 Å². The molecule has 0 fully saturated rings. The van der Waals surface area contributed by atoms with Crippen molar-refractivity contribution in [3.05, 3.63) is 119 Å². The van der Waals surface area contributed by atoms with Gasteiger partial charge in [-0.15, -0.1) is 22.7 Å². The molecule has 0 bridgehead atoms. The Labute approximate surface area is 241 Å². The lowest BCUT2D eigenvalue weighted by atomic mass is 10.3. The van der Waals surface area contributed by atoms with Crippen LogP contribution in [0.5, 0.6) is 0 Å². The lowest BCUT2D eigenvalue weighted by molar-refractivity contribution is 0.601. The molecule has 5 aromatic rings. The van der Waals surface area contributed by atoms with Crippen molar-refractivity contribution < 1.29 is 16.8 Å². The van der Waals surface area contributed by atoms with E-state index in [9.17, 15) is 16.8 Å². The Kier molecular flexibility index (Phi) is 8.40. The van der Waals surface area contributed by atoms with Gasteiger partial charge in [-0.3, -0.25) is 9.44 Å². The minimum atomic E-state index is -3.95. The molecule has 12 heteroatoms. The molecule has 0 aliphatic rings. The Balaban J connectivity index is 1.26. The van der Waals surface area contributed by atoms with E-state index in [2.05, 4.69) is 20.1 Å². The summed E-state index contributed by atoms with van der Waals surface area (Å²) < 4.78 is 58.0. The van der Waals surface area contributed by atoms with E-state index in [1.165, 1.54) is 12.1 Å². The highest BCUT2D eigenvalue weighted by Gasteiger charge is 2.22. The minimum Gasteiger partial charge on any atom is -0.380 e. The smallest absolute Gasteiger partial charge is 0.271 e. The first-order valence-corrected chi connectivity index (χ1v) is 16.8. The molecule has 0 saturated heterocycles. The van der Waals surface area contributed by atoms with Gasteiger partial charge in [0.2, 0.25) is 0 Å². The lowest BCUT2D eigenvalue weighted by Crippen LogP contribution is -2.16. The van der Waals surface area contributed by atoms with Gasteiger partial charge in [0.15, 0.2) is 0 Å². The number of thiophene rings is 2. The maximum Gasteiger partial charge on any atom is 0.271 e. The number of benzene rings is 3. The van der Waals surface area contributed by atoms with Crippen molar-refractivity contribution in [2.24, 2.45) is 0 Å². The first kappa shape index (κ1) is 27.7. The zero-order chi connectivity index (χ0) is 28.0. The lowest BCUT2D eigenvalue weighted by Gasteiger charge is -2.13.